The number of nitrogens with zero attached hydrogens (tertiary/aromatic N) is 2. The van der Waals surface area contributed by atoms with Crippen molar-refractivity contribution in [2.75, 3.05) is 32.2 Å². The highest BCUT2D eigenvalue weighted by Crippen LogP contribution is 2.28. The van der Waals surface area contributed by atoms with Crippen molar-refractivity contribution < 1.29 is 4.74 Å². The molecule has 1 aromatic heterocycles. The normalized spacial score (nSPS) is 10.6. The molecule has 1 aromatic carbocycles. The van der Waals surface area contributed by atoms with E-state index in [9.17, 15) is 0 Å². The minimum absolute atomic E-state index is 0.0255. The highest BCUT2D eigenvalue weighted by Gasteiger charge is 2.14. The number of amidine groups is 1. The molecule has 5 nitrogen and oxygen atoms in total. The molecule has 2 rings (SSSR count). The van der Waals surface area contributed by atoms with Crippen LogP contribution in [0.2, 0.25) is 0 Å². The van der Waals surface area contributed by atoms with Gasteiger partial charge in [0.1, 0.15) is 5.84 Å². The summed E-state index contributed by atoms with van der Waals surface area (Å²) in [5, 5.41) is 8.70. The Labute approximate surface area is 112 Å². The minimum Gasteiger partial charge on any atom is -0.384 e. The van der Waals surface area contributed by atoms with Crippen LogP contribution >= 0.6 is 0 Å². The van der Waals surface area contributed by atoms with E-state index in [1.54, 1.807) is 13.3 Å². The zero-order valence-corrected chi connectivity index (χ0v) is 11.2. The van der Waals surface area contributed by atoms with Gasteiger partial charge in [-0.25, -0.2) is 0 Å². The van der Waals surface area contributed by atoms with E-state index in [0.717, 1.165) is 23.1 Å². The Balaban J connectivity index is 2.58. The molecular formula is C14H18N4O. The number of hydrogen-bond donors (Lipinski definition) is 2. The molecular weight excluding hydrogens is 240 g/mol. The first-order chi connectivity index (χ1) is 9.15. The number of likely N-dealkylation sites (N-methyl/N-ethyl adjacent to an activating group) is 1. The number of fused-ring (bicyclic) bond motifs is 1. The molecule has 3 N–H and O–H groups in total. The van der Waals surface area contributed by atoms with Crippen molar-refractivity contribution in [1.29, 1.82) is 5.41 Å². The molecule has 5 heteroatoms. The van der Waals surface area contributed by atoms with Gasteiger partial charge in [-0.15, -0.1) is 0 Å². The maximum Gasteiger partial charge on any atom is 0.126 e. The molecule has 0 bridgehead atoms. The van der Waals surface area contributed by atoms with Crippen LogP contribution in [0.4, 0.5) is 5.69 Å². The number of pyridine rings is 1. The average Bonchev–Trinajstić information content (AvgIpc) is 2.43. The van der Waals surface area contributed by atoms with Crippen molar-refractivity contribution in [3.63, 3.8) is 0 Å². The highest BCUT2D eigenvalue weighted by atomic mass is 16.5. The fourth-order valence-corrected chi connectivity index (χ4v) is 2.08. The van der Waals surface area contributed by atoms with Crippen molar-refractivity contribution in [2.24, 2.45) is 5.73 Å². The predicted octanol–water partition coefficient (Wildman–Crippen LogP) is 1.60. The molecule has 0 unspecified atom stereocenters. The number of nitrogens with one attached hydrogen (secondary N) is 1. The molecule has 0 aliphatic heterocycles. The summed E-state index contributed by atoms with van der Waals surface area (Å²) in [5.41, 5.74) is 8.13. The van der Waals surface area contributed by atoms with Crippen molar-refractivity contribution >= 4 is 22.4 Å². The van der Waals surface area contributed by atoms with Gasteiger partial charge in [-0.05, 0) is 6.07 Å². The molecule has 19 heavy (non-hydrogen) atoms. The summed E-state index contributed by atoms with van der Waals surface area (Å²) in [6.07, 6.45) is 1.66. The Morgan fingerprint density at radius 2 is 2.16 bits per heavy atom. The van der Waals surface area contributed by atoms with Crippen LogP contribution in [0.1, 0.15) is 5.56 Å². The van der Waals surface area contributed by atoms with Gasteiger partial charge < -0.3 is 15.4 Å². The van der Waals surface area contributed by atoms with Crippen LogP contribution in [0.25, 0.3) is 10.9 Å². The van der Waals surface area contributed by atoms with Gasteiger partial charge in [-0.3, -0.25) is 10.4 Å². The second-order valence-corrected chi connectivity index (χ2v) is 4.37. The Hall–Kier alpha value is -2.14. The summed E-state index contributed by atoms with van der Waals surface area (Å²) in [4.78, 5) is 6.39. The van der Waals surface area contributed by atoms with Gasteiger partial charge in [0.15, 0.2) is 0 Å². The topological polar surface area (TPSA) is 75.2 Å². The Morgan fingerprint density at radius 3 is 2.84 bits per heavy atom. The predicted molar refractivity (Wildman–Crippen MR) is 77.9 cm³/mol. The number of methoxy groups -OCH3 is 1. The van der Waals surface area contributed by atoms with Gasteiger partial charge in [-0.1, -0.05) is 18.2 Å². The van der Waals surface area contributed by atoms with Gasteiger partial charge in [-0.2, -0.15) is 0 Å². The van der Waals surface area contributed by atoms with Crippen LogP contribution in [0.5, 0.6) is 0 Å². The molecule has 0 fully saturated rings. The first-order valence-electron chi connectivity index (χ1n) is 6.07. The van der Waals surface area contributed by atoms with Crippen LogP contribution in [-0.2, 0) is 4.74 Å². The SMILES string of the molecule is COCCN(C)c1c(C(=N)N)cnc2ccccc12. The monoisotopic (exact) mass is 258 g/mol. The van der Waals surface area contributed by atoms with Crippen LogP contribution in [0.15, 0.2) is 30.5 Å². The van der Waals surface area contributed by atoms with E-state index in [4.69, 9.17) is 15.9 Å². The van der Waals surface area contributed by atoms with Gasteiger partial charge in [0.05, 0.1) is 23.4 Å². The lowest BCUT2D eigenvalue weighted by Gasteiger charge is -2.23. The zero-order valence-electron chi connectivity index (χ0n) is 11.2. The first kappa shape index (κ1) is 13.3. The third kappa shape index (κ3) is 2.66. The molecule has 0 aliphatic rings. The lowest BCUT2D eigenvalue weighted by molar-refractivity contribution is 0.206. The number of anilines is 1. The van der Waals surface area contributed by atoms with Crippen LogP contribution in [0, 0.1) is 5.41 Å². The average molecular weight is 258 g/mol. The summed E-state index contributed by atoms with van der Waals surface area (Å²) in [5.74, 6) is 0.0255. The van der Waals surface area contributed by atoms with E-state index in [0.29, 0.717) is 12.2 Å². The van der Waals surface area contributed by atoms with Gasteiger partial charge in [0.2, 0.25) is 0 Å². The minimum atomic E-state index is 0.0255. The van der Waals surface area contributed by atoms with Gasteiger partial charge >= 0.3 is 0 Å². The highest BCUT2D eigenvalue weighted by molar-refractivity contribution is 6.07. The summed E-state index contributed by atoms with van der Waals surface area (Å²) < 4.78 is 5.10. The number of rotatable bonds is 5. The van der Waals surface area contributed by atoms with E-state index in [2.05, 4.69) is 4.98 Å². The number of nitrogen functional groups attached to an aromatic ring is 1. The largest absolute Gasteiger partial charge is 0.384 e. The van der Waals surface area contributed by atoms with Crippen molar-refractivity contribution in [1.82, 2.24) is 4.98 Å². The van der Waals surface area contributed by atoms with E-state index < -0.39 is 0 Å². The zero-order chi connectivity index (χ0) is 13.8. The van der Waals surface area contributed by atoms with Gasteiger partial charge in [0, 0.05) is 32.3 Å². The molecule has 0 saturated carbocycles. The second-order valence-electron chi connectivity index (χ2n) is 4.37. The fourth-order valence-electron chi connectivity index (χ4n) is 2.08. The number of aromatic nitrogens is 1. The van der Waals surface area contributed by atoms with Crippen molar-refractivity contribution in [3.05, 3.63) is 36.0 Å². The number of nitrogens with two attached hydrogens (primary N) is 1. The molecule has 2 aromatic rings. The lowest BCUT2D eigenvalue weighted by atomic mass is 10.1. The molecule has 0 radical (unpaired) electrons. The summed E-state index contributed by atoms with van der Waals surface area (Å²) in [7, 11) is 3.64. The van der Waals surface area contributed by atoms with Crippen LogP contribution in [-0.4, -0.2) is 38.1 Å². The standard InChI is InChI=1S/C14H18N4O/c1-18(7-8-19-2)13-10-5-3-4-6-12(10)17-9-11(13)14(15)16/h3-6,9H,7-8H2,1-2H3,(H3,15,16). The molecule has 0 atom stereocenters. The molecule has 0 aliphatic carbocycles. The van der Waals surface area contributed by atoms with E-state index in [-0.39, 0.29) is 5.84 Å². The quantitative estimate of drug-likeness (QED) is 0.631. The van der Waals surface area contributed by atoms with E-state index in [1.165, 1.54) is 0 Å². The van der Waals surface area contributed by atoms with E-state index in [1.807, 2.05) is 36.2 Å². The molecule has 1 heterocycles. The molecule has 100 valence electrons. The maximum absolute atomic E-state index is 7.70. The smallest absolute Gasteiger partial charge is 0.126 e. The Kier molecular flexibility index (Phi) is 3.97. The Bertz CT molecular complexity index is 597. The van der Waals surface area contributed by atoms with Crippen molar-refractivity contribution in [2.45, 2.75) is 0 Å². The number of benzene rings is 1. The first-order valence-corrected chi connectivity index (χ1v) is 6.07. The number of para-hydroxylation sites is 1. The maximum atomic E-state index is 7.70. The summed E-state index contributed by atoms with van der Waals surface area (Å²) >= 11 is 0. The number of ether oxygens (including phenoxy) is 1. The second kappa shape index (κ2) is 5.67. The van der Waals surface area contributed by atoms with Gasteiger partial charge in [0.25, 0.3) is 0 Å². The molecule has 0 spiro atoms. The third-order valence-electron chi connectivity index (χ3n) is 3.05. The lowest BCUT2D eigenvalue weighted by Crippen LogP contribution is -2.26. The van der Waals surface area contributed by atoms with Crippen molar-refractivity contribution in [3.8, 4) is 0 Å². The van der Waals surface area contributed by atoms with Crippen LogP contribution in [0.3, 0.4) is 0 Å². The summed E-state index contributed by atoms with van der Waals surface area (Å²) in [6.45, 7) is 1.34. The fraction of sp³-hybridized carbons (Fsp3) is 0.286. The summed E-state index contributed by atoms with van der Waals surface area (Å²) in [6, 6.07) is 7.85. The molecule has 0 amide bonds. The third-order valence-corrected chi connectivity index (χ3v) is 3.05. The van der Waals surface area contributed by atoms with E-state index >= 15 is 0 Å². The Morgan fingerprint density at radius 1 is 1.42 bits per heavy atom. The van der Waals surface area contributed by atoms with Crippen LogP contribution < -0.4 is 10.6 Å². The molecule has 0 saturated heterocycles. The number of hydrogen-bond acceptors (Lipinski definition) is 4.